The summed E-state index contributed by atoms with van der Waals surface area (Å²) in [6.07, 6.45) is 0. The fraction of sp³-hybridized carbons (Fsp3) is 0.167. The molecule has 0 bridgehead atoms. The molecule has 1 rings (SSSR count). The van der Waals surface area contributed by atoms with E-state index in [1.807, 2.05) is 0 Å². The Kier molecular flexibility index (Phi) is 17.3. The molecule has 10 nitrogen and oxygen atoms in total. The van der Waals surface area contributed by atoms with E-state index in [1.54, 1.807) is 0 Å². The maximum atomic E-state index is 10.5. The summed E-state index contributed by atoms with van der Waals surface area (Å²) in [7, 11) is 0. The molecule has 0 fully saturated rings. The van der Waals surface area contributed by atoms with Crippen molar-refractivity contribution in [2.45, 2.75) is 0 Å². The van der Waals surface area contributed by atoms with E-state index in [4.69, 9.17) is 30.0 Å². The summed E-state index contributed by atoms with van der Waals surface area (Å²) in [6.45, 7) is -0.778. The molecule has 0 atom stereocenters. The summed E-state index contributed by atoms with van der Waals surface area (Å²) in [6, 6.07) is 5.48. The molecule has 0 aliphatic carbocycles. The Morgan fingerprint density at radius 3 is 1.17 bits per heavy atom. The fourth-order valence-corrected chi connectivity index (χ4v) is 0.856. The third-order valence-electron chi connectivity index (χ3n) is 1.72. The number of rotatable bonds is 4. The Labute approximate surface area is 160 Å². The van der Waals surface area contributed by atoms with E-state index in [0.29, 0.717) is 0 Å². The number of aliphatic carboxylic acids is 2. The Morgan fingerprint density at radius 2 is 1.04 bits per heavy atom. The first-order valence-corrected chi connectivity index (χ1v) is 5.52. The Balaban J connectivity index is -0.000000307. The van der Waals surface area contributed by atoms with E-state index in [0.717, 1.165) is 0 Å². The van der Waals surface area contributed by atoms with Crippen LogP contribution in [0.25, 0.3) is 0 Å². The van der Waals surface area contributed by atoms with Gasteiger partial charge in [-0.3, -0.25) is 0 Å². The van der Waals surface area contributed by atoms with Gasteiger partial charge in [0.15, 0.2) is 0 Å². The number of hydrogen-bond acceptors (Lipinski definition) is 8. The second-order valence-electron chi connectivity index (χ2n) is 3.31. The molecule has 0 spiro atoms. The SMILES string of the molecule is NCC(=O)[O-].NCC(=O)[O-].O=C(O)c1ccccc1C(=O)O.[Ca+2]. The number of carboxylic acids is 4. The van der Waals surface area contributed by atoms with Gasteiger partial charge < -0.3 is 41.5 Å². The van der Waals surface area contributed by atoms with Crippen molar-refractivity contribution in [1.29, 1.82) is 0 Å². The number of benzene rings is 1. The predicted molar refractivity (Wildman–Crippen MR) is 74.2 cm³/mol. The van der Waals surface area contributed by atoms with Crippen molar-refractivity contribution in [2.24, 2.45) is 11.5 Å². The third-order valence-corrected chi connectivity index (χ3v) is 1.72. The number of aromatic carboxylic acids is 2. The average molecular weight is 354 g/mol. The number of nitrogens with two attached hydrogens (primary N) is 2. The third kappa shape index (κ3) is 15.0. The topological polar surface area (TPSA) is 207 Å². The molecule has 0 saturated carbocycles. The largest absolute Gasteiger partial charge is 2.00 e. The first kappa shape index (κ1) is 26.2. The zero-order chi connectivity index (χ0) is 17.7. The quantitative estimate of drug-likeness (QED) is 0.386. The molecule has 0 amide bonds. The van der Waals surface area contributed by atoms with E-state index in [1.165, 1.54) is 24.3 Å². The van der Waals surface area contributed by atoms with E-state index in [-0.39, 0.29) is 62.0 Å². The summed E-state index contributed by atoms with van der Waals surface area (Å²) in [4.78, 5) is 39.2. The van der Waals surface area contributed by atoms with Crippen LogP contribution in [-0.2, 0) is 9.59 Å². The Morgan fingerprint density at radius 1 is 0.826 bits per heavy atom. The van der Waals surface area contributed by atoms with Crippen LogP contribution in [0.4, 0.5) is 0 Å². The summed E-state index contributed by atoms with van der Waals surface area (Å²) in [5, 5.41) is 35.4. The minimum atomic E-state index is -1.23. The Hall–Kier alpha value is -1.72. The molecule has 6 N–H and O–H groups in total. The molecule has 0 unspecified atom stereocenters. The van der Waals surface area contributed by atoms with Gasteiger partial charge in [0.05, 0.1) is 23.1 Å². The smallest absolute Gasteiger partial charge is 0.549 e. The minimum Gasteiger partial charge on any atom is -0.549 e. The van der Waals surface area contributed by atoms with Crippen molar-refractivity contribution in [3.63, 3.8) is 0 Å². The van der Waals surface area contributed by atoms with Crippen LogP contribution in [0.1, 0.15) is 20.7 Å². The molecule has 0 aliphatic rings. The van der Waals surface area contributed by atoms with E-state index in [9.17, 15) is 9.59 Å². The van der Waals surface area contributed by atoms with Gasteiger partial charge in [-0.25, -0.2) is 9.59 Å². The second kappa shape index (κ2) is 15.2. The van der Waals surface area contributed by atoms with Crippen molar-refractivity contribution in [3.8, 4) is 0 Å². The second-order valence-corrected chi connectivity index (χ2v) is 3.31. The van der Waals surface area contributed by atoms with Crippen LogP contribution in [0.2, 0.25) is 0 Å². The Bertz CT molecular complexity index is 489. The zero-order valence-corrected chi connectivity index (χ0v) is 14.1. The standard InChI is InChI=1S/C8H6O4.2C2H5NO2.Ca/c9-7(10)5-3-1-2-4-6(5)8(11)12;2*3-1-2(4)5;/h1-4H,(H,9,10)(H,11,12);2*1,3H2,(H,4,5);/q;;;+2/p-2. The number of carboxylic acid groups (broad SMARTS) is 4. The predicted octanol–water partition coefficient (Wildman–Crippen LogP) is -3.91. The molecule has 0 heterocycles. The van der Waals surface area contributed by atoms with Crippen molar-refractivity contribution in [3.05, 3.63) is 35.4 Å². The van der Waals surface area contributed by atoms with Crippen LogP contribution >= 0.6 is 0 Å². The molecular formula is C12H14CaN2O8. The number of hydrogen-bond donors (Lipinski definition) is 4. The molecule has 0 aliphatic heterocycles. The van der Waals surface area contributed by atoms with Crippen molar-refractivity contribution < 1.29 is 39.6 Å². The minimum absolute atomic E-state index is 0. The first-order chi connectivity index (χ1) is 10.2. The van der Waals surface area contributed by atoms with E-state index >= 15 is 0 Å². The van der Waals surface area contributed by atoms with E-state index < -0.39 is 23.9 Å². The van der Waals surface area contributed by atoms with Gasteiger partial charge in [-0.1, -0.05) is 12.1 Å². The van der Waals surface area contributed by atoms with Crippen LogP contribution in [0.3, 0.4) is 0 Å². The number of carbonyl (C=O) groups is 4. The van der Waals surface area contributed by atoms with Gasteiger partial charge in [0.2, 0.25) is 0 Å². The monoisotopic (exact) mass is 354 g/mol. The zero-order valence-electron chi connectivity index (χ0n) is 11.9. The average Bonchev–Trinajstić information content (AvgIpc) is 2.48. The molecule has 0 radical (unpaired) electrons. The molecule has 1 aromatic carbocycles. The summed E-state index contributed by atoms with van der Waals surface area (Å²) in [5.41, 5.74) is 8.64. The van der Waals surface area contributed by atoms with E-state index in [2.05, 4.69) is 11.5 Å². The molecule has 0 aromatic heterocycles. The van der Waals surface area contributed by atoms with Crippen LogP contribution in [0.5, 0.6) is 0 Å². The van der Waals surface area contributed by atoms with Crippen LogP contribution in [0, 0.1) is 0 Å². The maximum absolute atomic E-state index is 10.5. The first-order valence-electron chi connectivity index (χ1n) is 5.52. The van der Waals surface area contributed by atoms with Crippen molar-refractivity contribution >= 4 is 61.6 Å². The van der Waals surface area contributed by atoms with Crippen molar-refractivity contribution in [2.75, 3.05) is 13.1 Å². The van der Waals surface area contributed by atoms with Gasteiger partial charge in [-0.2, -0.15) is 0 Å². The summed E-state index contributed by atoms with van der Waals surface area (Å²) < 4.78 is 0. The normalized spacial score (nSPS) is 8.09. The van der Waals surface area contributed by atoms with Gasteiger partial charge in [-0.05, 0) is 12.1 Å². The number of carbonyl (C=O) groups excluding carboxylic acids is 2. The van der Waals surface area contributed by atoms with Gasteiger partial charge in [0.1, 0.15) is 0 Å². The summed E-state index contributed by atoms with van der Waals surface area (Å²) in [5.74, 6) is -4.89. The molecule has 122 valence electrons. The van der Waals surface area contributed by atoms with Gasteiger partial charge in [0, 0.05) is 13.1 Å². The summed E-state index contributed by atoms with van der Waals surface area (Å²) >= 11 is 0. The van der Waals surface area contributed by atoms with Gasteiger partial charge in [0.25, 0.3) is 0 Å². The van der Waals surface area contributed by atoms with Gasteiger partial charge >= 0.3 is 49.7 Å². The van der Waals surface area contributed by atoms with Crippen molar-refractivity contribution in [1.82, 2.24) is 0 Å². The molecule has 11 heteroatoms. The molecule has 0 saturated heterocycles. The fourth-order valence-electron chi connectivity index (χ4n) is 0.856. The van der Waals surface area contributed by atoms with Crippen LogP contribution in [-0.4, -0.2) is 84.9 Å². The van der Waals surface area contributed by atoms with Gasteiger partial charge in [-0.15, -0.1) is 0 Å². The molecular weight excluding hydrogens is 340 g/mol. The van der Waals surface area contributed by atoms with Crippen LogP contribution < -0.4 is 21.7 Å². The van der Waals surface area contributed by atoms with Crippen LogP contribution in [0.15, 0.2) is 24.3 Å². The maximum Gasteiger partial charge on any atom is 2.00 e. The molecule has 23 heavy (non-hydrogen) atoms. The molecule has 1 aromatic rings.